The van der Waals surface area contributed by atoms with E-state index in [1.165, 1.54) is 0 Å². The van der Waals surface area contributed by atoms with Gasteiger partial charge in [0.2, 0.25) is 11.8 Å². The summed E-state index contributed by atoms with van der Waals surface area (Å²) >= 11 is 0. The van der Waals surface area contributed by atoms with Gasteiger partial charge in [0, 0.05) is 13.1 Å². The minimum Gasteiger partial charge on any atom is -0.305 e. The maximum absolute atomic E-state index is 12.6. The van der Waals surface area contributed by atoms with Crippen LogP contribution in [0.15, 0.2) is 0 Å². The predicted octanol–water partition coefficient (Wildman–Crippen LogP) is 0.142. The zero-order valence-electron chi connectivity index (χ0n) is 8.54. The van der Waals surface area contributed by atoms with Gasteiger partial charge in [0.05, 0.1) is 11.8 Å². The van der Waals surface area contributed by atoms with Crippen LogP contribution in [-0.2, 0) is 9.59 Å². The highest BCUT2D eigenvalue weighted by molar-refractivity contribution is 6.06. The molecule has 2 heterocycles. The van der Waals surface area contributed by atoms with Crippen LogP contribution in [0.5, 0.6) is 0 Å². The first-order valence-electron chi connectivity index (χ1n) is 5.03. The number of halogens is 3. The van der Waals surface area contributed by atoms with Crippen LogP contribution in [-0.4, -0.2) is 42.0 Å². The molecule has 0 bridgehead atoms. The van der Waals surface area contributed by atoms with Crippen molar-refractivity contribution in [1.82, 2.24) is 10.2 Å². The second-order valence-corrected chi connectivity index (χ2v) is 3.98. The smallest absolute Gasteiger partial charge is 0.305 e. The minimum absolute atomic E-state index is 0.0735. The number of rotatable bonds is 1. The number of imide groups is 1. The SMILES string of the molecule is CCN1C(=O)[C@@H]2[C@@H](CN[C@@H]2C(F)(F)F)C1=O. The Kier molecular flexibility index (Phi) is 2.45. The molecule has 7 heteroatoms. The molecule has 0 spiro atoms. The molecule has 0 aromatic rings. The van der Waals surface area contributed by atoms with Gasteiger partial charge < -0.3 is 5.32 Å². The van der Waals surface area contributed by atoms with Crippen molar-refractivity contribution in [3.05, 3.63) is 0 Å². The van der Waals surface area contributed by atoms with Crippen molar-refractivity contribution >= 4 is 11.8 Å². The summed E-state index contributed by atoms with van der Waals surface area (Å²) in [4.78, 5) is 24.2. The average Bonchev–Trinajstić information content (AvgIpc) is 2.68. The topological polar surface area (TPSA) is 49.4 Å². The highest BCUT2D eigenvalue weighted by Gasteiger charge is 2.61. The molecule has 2 aliphatic rings. The van der Waals surface area contributed by atoms with Crippen LogP contribution < -0.4 is 5.32 Å². The molecule has 0 saturated carbocycles. The molecule has 0 aromatic heterocycles. The number of nitrogens with one attached hydrogen (secondary N) is 1. The van der Waals surface area contributed by atoms with Crippen LogP contribution >= 0.6 is 0 Å². The van der Waals surface area contributed by atoms with Gasteiger partial charge in [-0.05, 0) is 6.92 Å². The summed E-state index contributed by atoms with van der Waals surface area (Å²) in [6, 6.07) is -1.88. The lowest BCUT2D eigenvalue weighted by Gasteiger charge is -2.20. The van der Waals surface area contributed by atoms with Crippen LogP contribution in [0.4, 0.5) is 13.2 Å². The molecule has 90 valence electrons. The third-order valence-corrected chi connectivity index (χ3v) is 3.15. The Morgan fingerprint density at radius 2 is 2.00 bits per heavy atom. The molecule has 16 heavy (non-hydrogen) atoms. The van der Waals surface area contributed by atoms with Crippen molar-refractivity contribution in [3.8, 4) is 0 Å². The lowest BCUT2D eigenvalue weighted by atomic mass is 9.93. The number of hydrogen-bond acceptors (Lipinski definition) is 3. The third kappa shape index (κ3) is 1.41. The van der Waals surface area contributed by atoms with E-state index in [0.717, 1.165) is 4.90 Å². The summed E-state index contributed by atoms with van der Waals surface area (Å²) in [5, 5.41) is 2.21. The summed E-state index contributed by atoms with van der Waals surface area (Å²) in [6.45, 7) is 1.64. The fourth-order valence-electron chi connectivity index (χ4n) is 2.42. The molecule has 0 aromatic carbocycles. The van der Waals surface area contributed by atoms with Gasteiger partial charge in [-0.15, -0.1) is 0 Å². The van der Waals surface area contributed by atoms with Crippen LogP contribution in [0.1, 0.15) is 6.92 Å². The van der Waals surface area contributed by atoms with E-state index in [9.17, 15) is 22.8 Å². The van der Waals surface area contributed by atoms with E-state index in [1.807, 2.05) is 0 Å². The Balaban J connectivity index is 2.29. The maximum atomic E-state index is 12.6. The second-order valence-electron chi connectivity index (χ2n) is 3.98. The third-order valence-electron chi connectivity index (χ3n) is 3.15. The van der Waals surface area contributed by atoms with Gasteiger partial charge in [-0.3, -0.25) is 14.5 Å². The first-order chi connectivity index (χ1) is 7.38. The van der Waals surface area contributed by atoms with Crippen molar-refractivity contribution in [2.24, 2.45) is 11.8 Å². The number of likely N-dealkylation sites (tertiary alicyclic amines) is 1. The summed E-state index contributed by atoms with van der Waals surface area (Å²) in [5.74, 6) is -3.31. The molecule has 1 N–H and O–H groups in total. The van der Waals surface area contributed by atoms with Gasteiger partial charge in [-0.2, -0.15) is 13.2 Å². The van der Waals surface area contributed by atoms with Crippen LogP contribution in [0.2, 0.25) is 0 Å². The molecule has 2 fully saturated rings. The van der Waals surface area contributed by atoms with E-state index >= 15 is 0 Å². The standard InChI is InChI=1S/C9H11F3N2O2/c1-2-14-7(15)4-3-13-6(9(10,11)12)5(4)8(14)16/h4-6,13H,2-3H2,1H3/t4-,5-,6+/m1/s1. The Labute approximate surface area is 89.8 Å². The molecule has 0 unspecified atom stereocenters. The van der Waals surface area contributed by atoms with E-state index in [2.05, 4.69) is 5.32 Å². The van der Waals surface area contributed by atoms with E-state index in [0.29, 0.717) is 0 Å². The zero-order valence-corrected chi connectivity index (χ0v) is 8.54. The summed E-state index contributed by atoms with van der Waals surface area (Å²) in [7, 11) is 0. The van der Waals surface area contributed by atoms with Crippen molar-refractivity contribution in [1.29, 1.82) is 0 Å². The summed E-state index contributed by atoms with van der Waals surface area (Å²) < 4.78 is 37.8. The number of carbonyl (C=O) groups is 2. The van der Waals surface area contributed by atoms with Crippen molar-refractivity contribution < 1.29 is 22.8 Å². The van der Waals surface area contributed by atoms with Gasteiger partial charge in [0.1, 0.15) is 6.04 Å². The van der Waals surface area contributed by atoms with E-state index in [-0.39, 0.29) is 13.1 Å². The normalized spacial score (nSPS) is 34.8. The van der Waals surface area contributed by atoms with E-state index in [4.69, 9.17) is 0 Å². The second kappa shape index (κ2) is 3.44. The molecule has 4 nitrogen and oxygen atoms in total. The van der Waals surface area contributed by atoms with Crippen LogP contribution in [0, 0.1) is 11.8 Å². The Morgan fingerprint density at radius 3 is 2.50 bits per heavy atom. The summed E-state index contributed by atoms with van der Waals surface area (Å²) in [5.41, 5.74) is 0. The van der Waals surface area contributed by atoms with Crippen LogP contribution in [0.25, 0.3) is 0 Å². The van der Waals surface area contributed by atoms with Gasteiger partial charge in [-0.25, -0.2) is 0 Å². The highest BCUT2D eigenvalue weighted by atomic mass is 19.4. The monoisotopic (exact) mass is 236 g/mol. The van der Waals surface area contributed by atoms with Crippen molar-refractivity contribution in [3.63, 3.8) is 0 Å². The fourth-order valence-corrected chi connectivity index (χ4v) is 2.42. The Morgan fingerprint density at radius 1 is 1.38 bits per heavy atom. The lowest BCUT2D eigenvalue weighted by molar-refractivity contribution is -0.168. The number of nitrogens with zero attached hydrogens (tertiary/aromatic N) is 1. The van der Waals surface area contributed by atoms with Gasteiger partial charge in [-0.1, -0.05) is 0 Å². The molecule has 2 saturated heterocycles. The van der Waals surface area contributed by atoms with Crippen LogP contribution in [0.3, 0.4) is 0 Å². The Bertz CT molecular complexity index is 342. The summed E-state index contributed by atoms with van der Waals surface area (Å²) in [6.07, 6.45) is -4.49. The first kappa shape index (κ1) is 11.4. The molecule has 3 atom stereocenters. The van der Waals surface area contributed by atoms with Crippen molar-refractivity contribution in [2.75, 3.05) is 13.1 Å². The molecular formula is C9H11F3N2O2. The molecule has 2 amide bonds. The zero-order chi connectivity index (χ0) is 12.1. The first-order valence-corrected chi connectivity index (χ1v) is 5.03. The number of fused-ring (bicyclic) bond motifs is 1. The van der Waals surface area contributed by atoms with Gasteiger partial charge in [0.15, 0.2) is 0 Å². The van der Waals surface area contributed by atoms with Gasteiger partial charge in [0.25, 0.3) is 0 Å². The quantitative estimate of drug-likeness (QED) is 0.659. The molecule has 2 aliphatic heterocycles. The predicted molar refractivity (Wildman–Crippen MR) is 47.2 cm³/mol. The number of amides is 2. The lowest BCUT2D eigenvalue weighted by Crippen LogP contribution is -2.46. The number of alkyl halides is 3. The van der Waals surface area contributed by atoms with Gasteiger partial charge >= 0.3 is 6.18 Å². The number of carbonyl (C=O) groups excluding carboxylic acids is 2. The average molecular weight is 236 g/mol. The Hall–Kier alpha value is -1.11. The molecular weight excluding hydrogens is 225 g/mol. The molecule has 0 aliphatic carbocycles. The fraction of sp³-hybridized carbons (Fsp3) is 0.778. The van der Waals surface area contributed by atoms with E-state index in [1.54, 1.807) is 6.92 Å². The number of hydrogen-bond donors (Lipinski definition) is 1. The molecule has 0 radical (unpaired) electrons. The molecule has 2 rings (SSSR count). The highest BCUT2D eigenvalue weighted by Crippen LogP contribution is 2.39. The minimum atomic E-state index is -4.49. The maximum Gasteiger partial charge on any atom is 0.404 e. The largest absolute Gasteiger partial charge is 0.404 e. The van der Waals surface area contributed by atoms with Crippen molar-refractivity contribution in [2.45, 2.75) is 19.1 Å². The van der Waals surface area contributed by atoms with E-state index < -0.39 is 35.9 Å².